The molecule has 24 heavy (non-hydrogen) atoms. The molecule has 2 rings (SSSR count). The molecule has 0 bridgehead atoms. The molecule has 0 saturated carbocycles. The van der Waals surface area contributed by atoms with E-state index in [1.807, 2.05) is 54.6 Å². The molecule has 0 heterocycles. The van der Waals surface area contributed by atoms with Gasteiger partial charge in [-0.15, -0.1) is 12.4 Å². The van der Waals surface area contributed by atoms with Gasteiger partial charge in [0, 0.05) is 18.4 Å². The lowest BCUT2D eigenvalue weighted by Crippen LogP contribution is -2.39. The summed E-state index contributed by atoms with van der Waals surface area (Å²) in [6, 6.07) is 16.8. The molecule has 3 N–H and O–H groups in total. The third-order valence-corrected chi connectivity index (χ3v) is 3.33. The van der Waals surface area contributed by atoms with Crippen molar-refractivity contribution in [1.82, 2.24) is 0 Å². The Balaban J connectivity index is 0.00000288. The fourth-order valence-corrected chi connectivity index (χ4v) is 2.10. The molecule has 2 aromatic rings. The van der Waals surface area contributed by atoms with Gasteiger partial charge in [-0.3, -0.25) is 4.79 Å². The van der Waals surface area contributed by atoms with Crippen molar-refractivity contribution in [3.8, 4) is 0 Å². The highest BCUT2D eigenvalue weighted by Crippen LogP contribution is 2.17. The van der Waals surface area contributed by atoms with Crippen LogP contribution in [0.1, 0.15) is 11.1 Å². The van der Waals surface area contributed by atoms with Gasteiger partial charge in [-0.25, -0.2) is 0 Å². The standard InChI is InChI=1S/C18H22N2O3.ClH/c1-22-13-16(19)18(21)20-17-10-6-5-9-15(17)12-23-11-14-7-3-2-4-8-14;/h2-10,16H,11-13,19H2,1H3,(H,20,21);1H. The van der Waals surface area contributed by atoms with E-state index < -0.39 is 6.04 Å². The first-order valence-electron chi connectivity index (χ1n) is 7.45. The molecular formula is C18H23ClN2O3. The summed E-state index contributed by atoms with van der Waals surface area (Å²) in [6.45, 7) is 1.11. The van der Waals surface area contributed by atoms with Crippen molar-refractivity contribution in [2.45, 2.75) is 19.3 Å². The maximum Gasteiger partial charge on any atom is 0.243 e. The molecule has 130 valence electrons. The first-order chi connectivity index (χ1) is 11.2. The summed E-state index contributed by atoms with van der Waals surface area (Å²) < 4.78 is 10.6. The van der Waals surface area contributed by atoms with E-state index in [1.165, 1.54) is 7.11 Å². The van der Waals surface area contributed by atoms with Gasteiger partial charge >= 0.3 is 0 Å². The Labute approximate surface area is 148 Å². The smallest absolute Gasteiger partial charge is 0.243 e. The van der Waals surface area contributed by atoms with Gasteiger partial charge in [-0.05, 0) is 11.6 Å². The molecule has 0 aliphatic carbocycles. The van der Waals surface area contributed by atoms with Crippen LogP contribution in [0.15, 0.2) is 54.6 Å². The van der Waals surface area contributed by atoms with Gasteiger partial charge in [0.05, 0.1) is 19.8 Å². The quantitative estimate of drug-likeness (QED) is 0.767. The van der Waals surface area contributed by atoms with Crippen LogP contribution >= 0.6 is 12.4 Å². The highest BCUT2D eigenvalue weighted by molar-refractivity contribution is 5.95. The molecule has 1 unspecified atom stereocenters. The maximum absolute atomic E-state index is 12.0. The first kappa shape index (κ1) is 20.1. The van der Waals surface area contributed by atoms with Crippen molar-refractivity contribution in [2.75, 3.05) is 19.0 Å². The van der Waals surface area contributed by atoms with Crippen LogP contribution in [-0.4, -0.2) is 25.7 Å². The van der Waals surface area contributed by atoms with E-state index in [-0.39, 0.29) is 24.9 Å². The SMILES string of the molecule is COCC(N)C(=O)Nc1ccccc1COCc1ccccc1.Cl. The normalized spacial score (nSPS) is 11.4. The highest BCUT2D eigenvalue weighted by atomic mass is 35.5. The summed E-state index contributed by atoms with van der Waals surface area (Å²) >= 11 is 0. The van der Waals surface area contributed by atoms with E-state index in [0.717, 1.165) is 11.1 Å². The number of para-hydroxylation sites is 1. The lowest BCUT2D eigenvalue weighted by Gasteiger charge is -2.14. The lowest BCUT2D eigenvalue weighted by atomic mass is 10.1. The lowest BCUT2D eigenvalue weighted by molar-refractivity contribution is -0.118. The minimum atomic E-state index is -0.696. The summed E-state index contributed by atoms with van der Waals surface area (Å²) in [5.74, 6) is -0.276. The number of benzene rings is 2. The Morgan fingerprint density at radius 3 is 2.46 bits per heavy atom. The molecule has 5 nitrogen and oxygen atoms in total. The number of hydrogen-bond donors (Lipinski definition) is 2. The molecule has 2 aromatic carbocycles. The number of anilines is 1. The number of amides is 1. The molecule has 0 aliphatic rings. The fraction of sp³-hybridized carbons (Fsp3) is 0.278. The fourth-order valence-electron chi connectivity index (χ4n) is 2.10. The number of methoxy groups -OCH3 is 1. The van der Waals surface area contributed by atoms with E-state index in [2.05, 4.69) is 5.32 Å². The third-order valence-electron chi connectivity index (χ3n) is 3.33. The molecular weight excluding hydrogens is 328 g/mol. The van der Waals surface area contributed by atoms with Crippen molar-refractivity contribution in [3.63, 3.8) is 0 Å². The maximum atomic E-state index is 12.0. The van der Waals surface area contributed by atoms with Crippen LogP contribution in [0.3, 0.4) is 0 Å². The molecule has 0 radical (unpaired) electrons. The molecule has 1 amide bonds. The van der Waals surface area contributed by atoms with Crippen molar-refractivity contribution < 1.29 is 14.3 Å². The van der Waals surface area contributed by atoms with Crippen molar-refractivity contribution in [3.05, 3.63) is 65.7 Å². The number of halogens is 1. The van der Waals surface area contributed by atoms with E-state index in [1.54, 1.807) is 0 Å². The van der Waals surface area contributed by atoms with E-state index in [0.29, 0.717) is 18.9 Å². The van der Waals surface area contributed by atoms with Gasteiger partial charge < -0.3 is 20.5 Å². The summed E-state index contributed by atoms with van der Waals surface area (Å²) in [7, 11) is 1.51. The Hall–Kier alpha value is -1.92. The third kappa shape index (κ3) is 6.29. The molecule has 0 saturated heterocycles. The minimum absolute atomic E-state index is 0. The predicted octanol–water partition coefficient (Wildman–Crippen LogP) is 2.74. The van der Waals surface area contributed by atoms with E-state index >= 15 is 0 Å². The molecule has 1 atom stereocenters. The van der Waals surface area contributed by atoms with Crippen molar-refractivity contribution in [2.24, 2.45) is 5.73 Å². The number of nitrogens with two attached hydrogens (primary N) is 1. The monoisotopic (exact) mass is 350 g/mol. The summed E-state index contributed by atoms with van der Waals surface area (Å²) in [5.41, 5.74) is 8.45. The van der Waals surface area contributed by atoms with E-state index in [9.17, 15) is 4.79 Å². The minimum Gasteiger partial charge on any atom is -0.383 e. The second-order valence-electron chi connectivity index (χ2n) is 5.19. The molecule has 0 spiro atoms. The number of ether oxygens (including phenoxy) is 2. The van der Waals surface area contributed by atoms with Gasteiger partial charge in [0.1, 0.15) is 6.04 Å². The van der Waals surface area contributed by atoms with Gasteiger partial charge in [0.25, 0.3) is 0 Å². The Morgan fingerprint density at radius 1 is 1.08 bits per heavy atom. The van der Waals surface area contributed by atoms with Crippen LogP contribution in [0.25, 0.3) is 0 Å². The predicted molar refractivity (Wildman–Crippen MR) is 97.1 cm³/mol. The van der Waals surface area contributed by atoms with Gasteiger partial charge in [-0.2, -0.15) is 0 Å². The first-order valence-corrected chi connectivity index (χ1v) is 7.45. The molecule has 0 fully saturated rings. The Bertz CT molecular complexity index is 623. The number of rotatable bonds is 8. The van der Waals surface area contributed by atoms with Crippen LogP contribution in [0.5, 0.6) is 0 Å². The van der Waals surface area contributed by atoms with Gasteiger partial charge in [-0.1, -0.05) is 48.5 Å². The van der Waals surface area contributed by atoms with Crippen LogP contribution in [0.4, 0.5) is 5.69 Å². The van der Waals surface area contributed by atoms with Crippen LogP contribution in [0, 0.1) is 0 Å². The summed E-state index contributed by atoms with van der Waals surface area (Å²) in [5, 5.41) is 2.82. The molecule has 0 aliphatic heterocycles. The Kier molecular flexibility index (Phi) is 9.04. The van der Waals surface area contributed by atoms with Crippen molar-refractivity contribution >= 4 is 24.0 Å². The van der Waals surface area contributed by atoms with E-state index in [4.69, 9.17) is 15.2 Å². The molecule has 6 heteroatoms. The summed E-state index contributed by atoms with van der Waals surface area (Å²) in [4.78, 5) is 12.0. The highest BCUT2D eigenvalue weighted by Gasteiger charge is 2.14. The zero-order valence-corrected chi connectivity index (χ0v) is 14.4. The average molecular weight is 351 g/mol. The second kappa shape index (κ2) is 10.8. The number of carbonyl (C=O) groups is 1. The van der Waals surface area contributed by atoms with Gasteiger partial charge in [0.15, 0.2) is 0 Å². The molecule has 0 aromatic heterocycles. The average Bonchev–Trinajstić information content (AvgIpc) is 2.57. The van der Waals surface area contributed by atoms with Crippen LogP contribution in [-0.2, 0) is 27.5 Å². The number of carbonyl (C=O) groups excluding carboxylic acids is 1. The number of nitrogens with one attached hydrogen (secondary N) is 1. The van der Waals surface area contributed by atoms with Crippen LogP contribution < -0.4 is 11.1 Å². The second-order valence-corrected chi connectivity index (χ2v) is 5.19. The zero-order chi connectivity index (χ0) is 16.5. The zero-order valence-electron chi connectivity index (χ0n) is 13.6. The largest absolute Gasteiger partial charge is 0.383 e. The topological polar surface area (TPSA) is 73.6 Å². The van der Waals surface area contributed by atoms with Crippen LogP contribution in [0.2, 0.25) is 0 Å². The summed E-state index contributed by atoms with van der Waals surface area (Å²) in [6.07, 6.45) is 0. The van der Waals surface area contributed by atoms with Crippen molar-refractivity contribution in [1.29, 1.82) is 0 Å². The number of hydrogen-bond acceptors (Lipinski definition) is 4. The van der Waals surface area contributed by atoms with Gasteiger partial charge in [0.2, 0.25) is 5.91 Å². The Morgan fingerprint density at radius 2 is 1.75 bits per heavy atom.